The molecular weight excluding hydrogens is 314 g/mol. The van der Waals surface area contributed by atoms with Crippen molar-refractivity contribution < 1.29 is 0 Å². The van der Waals surface area contributed by atoms with Crippen LogP contribution in [0.15, 0.2) is 41.0 Å². The first kappa shape index (κ1) is 12.8. The molecule has 3 rings (SSSR count). The Morgan fingerprint density at radius 3 is 2.80 bits per heavy atom. The first-order chi connectivity index (χ1) is 9.71. The van der Waals surface area contributed by atoms with Crippen LogP contribution in [-0.2, 0) is 11.8 Å². The second-order valence-electron chi connectivity index (χ2n) is 4.82. The Labute approximate surface area is 125 Å². The molecule has 1 unspecified atom stereocenters. The van der Waals surface area contributed by atoms with Crippen LogP contribution in [0.2, 0.25) is 0 Å². The second kappa shape index (κ2) is 4.74. The Morgan fingerprint density at radius 1 is 1.20 bits per heavy atom. The van der Waals surface area contributed by atoms with Crippen LogP contribution >= 0.6 is 15.9 Å². The maximum absolute atomic E-state index is 9.83. The fourth-order valence-corrected chi connectivity index (χ4v) is 3.25. The average molecular weight is 324 g/mol. The normalized spacial score (nSPS) is 19.9. The van der Waals surface area contributed by atoms with E-state index in [1.54, 1.807) is 12.3 Å². The van der Waals surface area contributed by atoms with Crippen molar-refractivity contribution in [3.05, 3.63) is 63.4 Å². The summed E-state index contributed by atoms with van der Waals surface area (Å²) < 4.78 is 0.874. The molecule has 1 aromatic carbocycles. The maximum atomic E-state index is 9.83. The highest BCUT2D eigenvalue weighted by molar-refractivity contribution is 9.10. The largest absolute Gasteiger partial charge is 0.261 e. The molecule has 0 bridgehead atoms. The molecule has 0 amide bonds. The van der Waals surface area contributed by atoms with Gasteiger partial charge in [-0.05, 0) is 48.2 Å². The lowest BCUT2D eigenvalue weighted by molar-refractivity contribution is 0.646. The quantitative estimate of drug-likeness (QED) is 0.807. The summed E-state index contributed by atoms with van der Waals surface area (Å²) in [7, 11) is 0. The molecule has 0 aliphatic heterocycles. The van der Waals surface area contributed by atoms with Crippen molar-refractivity contribution in [1.29, 1.82) is 10.5 Å². The third kappa shape index (κ3) is 1.73. The van der Waals surface area contributed by atoms with E-state index < -0.39 is 5.41 Å². The number of halogens is 1. The summed E-state index contributed by atoms with van der Waals surface area (Å²) in [5.41, 5.74) is 2.43. The summed E-state index contributed by atoms with van der Waals surface area (Å²) in [6.07, 6.45) is 3.18. The summed E-state index contributed by atoms with van der Waals surface area (Å²) in [4.78, 5) is 4.36. The van der Waals surface area contributed by atoms with Gasteiger partial charge in [-0.1, -0.05) is 22.0 Å². The zero-order valence-corrected chi connectivity index (χ0v) is 12.2. The molecule has 0 N–H and O–H groups in total. The second-order valence-corrected chi connectivity index (χ2v) is 5.73. The molecular formula is C16H10BrN3. The molecule has 4 heteroatoms. The number of hydrogen-bond acceptors (Lipinski definition) is 3. The van der Waals surface area contributed by atoms with Crippen LogP contribution in [0.5, 0.6) is 0 Å². The number of aryl methyl sites for hydroxylation is 1. The maximum Gasteiger partial charge on any atom is 0.111 e. The van der Waals surface area contributed by atoms with Gasteiger partial charge in [-0.15, -0.1) is 0 Å². The number of nitriles is 2. The number of aromatic nitrogens is 1. The summed E-state index contributed by atoms with van der Waals surface area (Å²) >= 11 is 3.43. The van der Waals surface area contributed by atoms with E-state index in [9.17, 15) is 10.5 Å². The smallest absolute Gasteiger partial charge is 0.111 e. The Balaban J connectivity index is 2.31. The molecule has 1 aromatic heterocycles. The molecule has 96 valence electrons. The number of benzene rings is 1. The van der Waals surface area contributed by atoms with Crippen LogP contribution in [0.3, 0.4) is 0 Å². The van der Waals surface area contributed by atoms with Crippen molar-refractivity contribution in [2.45, 2.75) is 18.3 Å². The lowest BCUT2D eigenvalue weighted by Crippen LogP contribution is -2.24. The van der Waals surface area contributed by atoms with Crippen LogP contribution < -0.4 is 0 Å². The molecule has 1 heterocycles. The summed E-state index contributed by atoms with van der Waals surface area (Å²) in [6.45, 7) is 0. The van der Waals surface area contributed by atoms with Gasteiger partial charge in [0.25, 0.3) is 0 Å². The van der Waals surface area contributed by atoms with Gasteiger partial charge in [0.15, 0.2) is 0 Å². The Kier molecular flexibility index (Phi) is 3.04. The minimum absolute atomic E-state index is 0.548. The minimum atomic E-state index is -0.765. The minimum Gasteiger partial charge on any atom is -0.261 e. The molecule has 0 radical (unpaired) electrons. The van der Waals surface area contributed by atoms with Crippen molar-refractivity contribution in [3.8, 4) is 12.1 Å². The first-order valence-corrected chi connectivity index (χ1v) is 7.06. The summed E-state index contributed by atoms with van der Waals surface area (Å²) in [5, 5.41) is 19.2. The molecule has 0 saturated heterocycles. The van der Waals surface area contributed by atoms with E-state index in [1.807, 2.05) is 24.3 Å². The fourth-order valence-electron chi connectivity index (χ4n) is 2.89. The van der Waals surface area contributed by atoms with Crippen LogP contribution in [0.1, 0.15) is 28.8 Å². The van der Waals surface area contributed by atoms with Gasteiger partial charge in [-0.25, -0.2) is 0 Å². The summed E-state index contributed by atoms with van der Waals surface area (Å²) in [6, 6.07) is 13.9. The van der Waals surface area contributed by atoms with E-state index in [4.69, 9.17) is 0 Å². The highest BCUT2D eigenvalue weighted by Crippen LogP contribution is 2.44. The van der Waals surface area contributed by atoms with Crippen LogP contribution in [-0.4, -0.2) is 4.98 Å². The molecule has 3 nitrogen and oxygen atoms in total. The summed E-state index contributed by atoms with van der Waals surface area (Å²) in [5.74, 6) is 0. The van der Waals surface area contributed by atoms with Gasteiger partial charge in [0.05, 0.1) is 17.7 Å². The van der Waals surface area contributed by atoms with E-state index >= 15 is 0 Å². The van der Waals surface area contributed by atoms with Gasteiger partial charge in [0, 0.05) is 16.4 Å². The molecule has 0 saturated carbocycles. The van der Waals surface area contributed by atoms with Crippen molar-refractivity contribution in [2.24, 2.45) is 0 Å². The molecule has 1 aliphatic carbocycles. The van der Waals surface area contributed by atoms with Crippen molar-refractivity contribution in [3.63, 3.8) is 0 Å². The average Bonchev–Trinajstić information content (AvgIpc) is 2.87. The van der Waals surface area contributed by atoms with Crippen LogP contribution in [0.25, 0.3) is 0 Å². The number of pyridine rings is 1. The highest BCUT2D eigenvalue weighted by atomic mass is 79.9. The number of nitrogens with zero attached hydrogens (tertiary/aromatic N) is 3. The fraction of sp³-hybridized carbons (Fsp3) is 0.188. The van der Waals surface area contributed by atoms with Gasteiger partial charge in [-0.2, -0.15) is 10.5 Å². The van der Waals surface area contributed by atoms with Gasteiger partial charge in [0.1, 0.15) is 5.41 Å². The molecule has 20 heavy (non-hydrogen) atoms. The Morgan fingerprint density at radius 2 is 2.05 bits per heavy atom. The van der Waals surface area contributed by atoms with E-state index in [0.29, 0.717) is 12.0 Å². The molecule has 0 fully saturated rings. The zero-order chi connectivity index (χ0) is 14.2. The lowest BCUT2D eigenvalue weighted by atomic mass is 9.75. The number of hydrogen-bond donors (Lipinski definition) is 0. The third-order valence-electron chi connectivity index (χ3n) is 3.84. The molecule has 0 spiro atoms. The highest BCUT2D eigenvalue weighted by Gasteiger charge is 2.42. The molecule has 2 aromatic rings. The number of rotatable bonds is 1. The van der Waals surface area contributed by atoms with Gasteiger partial charge in [-0.3, -0.25) is 4.98 Å². The molecule has 1 atom stereocenters. The standard InChI is InChI=1S/C16H10BrN3/c17-12-4-3-11(9-18)14(8-12)16(10-19)6-5-15-13(16)2-1-7-20-15/h1-4,7-8H,5-6H2. The predicted molar refractivity (Wildman–Crippen MR) is 77.8 cm³/mol. The van der Waals surface area contributed by atoms with Crippen LogP contribution in [0, 0.1) is 22.7 Å². The van der Waals surface area contributed by atoms with Crippen molar-refractivity contribution >= 4 is 15.9 Å². The molecule has 1 aliphatic rings. The van der Waals surface area contributed by atoms with Gasteiger partial charge >= 0.3 is 0 Å². The van der Waals surface area contributed by atoms with Crippen LogP contribution in [0.4, 0.5) is 0 Å². The SMILES string of the molecule is N#Cc1ccc(Br)cc1C1(C#N)CCc2ncccc21. The topological polar surface area (TPSA) is 60.5 Å². The van der Waals surface area contributed by atoms with Gasteiger partial charge in [0.2, 0.25) is 0 Å². The van der Waals surface area contributed by atoms with E-state index in [0.717, 1.165) is 27.7 Å². The Bertz CT molecular complexity index is 770. The van der Waals surface area contributed by atoms with E-state index in [1.165, 1.54) is 0 Å². The Hall–Kier alpha value is -2.17. The zero-order valence-electron chi connectivity index (χ0n) is 10.6. The van der Waals surface area contributed by atoms with E-state index in [-0.39, 0.29) is 0 Å². The lowest BCUT2D eigenvalue weighted by Gasteiger charge is -2.24. The monoisotopic (exact) mass is 323 g/mol. The number of fused-ring (bicyclic) bond motifs is 1. The van der Waals surface area contributed by atoms with Gasteiger partial charge < -0.3 is 0 Å². The van der Waals surface area contributed by atoms with E-state index in [2.05, 4.69) is 33.1 Å². The van der Waals surface area contributed by atoms with Crippen molar-refractivity contribution in [1.82, 2.24) is 4.98 Å². The van der Waals surface area contributed by atoms with Crippen molar-refractivity contribution in [2.75, 3.05) is 0 Å². The predicted octanol–water partition coefficient (Wildman–Crippen LogP) is 3.47. The third-order valence-corrected chi connectivity index (χ3v) is 4.33. The first-order valence-electron chi connectivity index (χ1n) is 6.27.